The highest BCUT2D eigenvalue weighted by molar-refractivity contribution is 6.02. The average molecular weight is 275 g/mol. The van der Waals surface area contributed by atoms with E-state index in [0.717, 1.165) is 11.1 Å². The Hall–Kier alpha value is -2.21. The zero-order valence-electron chi connectivity index (χ0n) is 11.3. The van der Waals surface area contributed by atoms with Crippen LogP contribution in [0.2, 0.25) is 0 Å². The summed E-state index contributed by atoms with van der Waals surface area (Å²) >= 11 is 0. The molecular weight excluding hydrogens is 258 g/mol. The molecule has 3 amide bonds. The van der Waals surface area contributed by atoms with Gasteiger partial charge in [-0.1, -0.05) is 17.7 Å². The number of hydrogen-bond donors (Lipinski definition) is 2. The lowest BCUT2D eigenvalue weighted by Gasteiger charge is -2.25. The Morgan fingerprint density at radius 1 is 1.55 bits per heavy atom. The van der Waals surface area contributed by atoms with Gasteiger partial charge in [0.05, 0.1) is 0 Å². The lowest BCUT2D eigenvalue weighted by atomic mass is 10.1. The van der Waals surface area contributed by atoms with Crippen molar-refractivity contribution in [2.45, 2.75) is 25.9 Å². The number of carbonyl (C=O) groups excluding carboxylic acids is 3. The SMILES string of the molecule is Cc1ccc2c(c1)CN(C(CCN)C(=O)NC=O)C2=O. The summed E-state index contributed by atoms with van der Waals surface area (Å²) in [5.74, 6) is -0.692. The highest BCUT2D eigenvalue weighted by atomic mass is 16.2. The molecule has 0 saturated heterocycles. The minimum atomic E-state index is -0.717. The first-order valence-electron chi connectivity index (χ1n) is 6.43. The van der Waals surface area contributed by atoms with E-state index < -0.39 is 11.9 Å². The number of amides is 3. The summed E-state index contributed by atoms with van der Waals surface area (Å²) in [6.07, 6.45) is 0.641. The first-order valence-corrected chi connectivity index (χ1v) is 6.43. The van der Waals surface area contributed by atoms with Crippen molar-refractivity contribution in [2.75, 3.05) is 6.54 Å². The molecule has 1 heterocycles. The zero-order chi connectivity index (χ0) is 14.7. The quantitative estimate of drug-likeness (QED) is 0.736. The summed E-state index contributed by atoms with van der Waals surface area (Å²) < 4.78 is 0. The number of nitrogens with zero attached hydrogens (tertiary/aromatic N) is 1. The van der Waals surface area contributed by atoms with Gasteiger partial charge in [0, 0.05) is 12.1 Å². The standard InChI is InChI=1S/C14H17N3O3/c1-9-2-3-11-10(6-9)7-17(14(11)20)12(4-5-15)13(19)16-8-18/h2-3,6,8,12H,4-5,7,15H2,1H3,(H,16,18,19). The van der Waals surface area contributed by atoms with E-state index in [1.807, 2.05) is 19.1 Å². The predicted molar refractivity (Wildman–Crippen MR) is 72.7 cm³/mol. The topological polar surface area (TPSA) is 92.5 Å². The van der Waals surface area contributed by atoms with E-state index >= 15 is 0 Å². The maximum atomic E-state index is 12.3. The summed E-state index contributed by atoms with van der Waals surface area (Å²) in [4.78, 5) is 36.1. The second kappa shape index (κ2) is 5.83. The maximum absolute atomic E-state index is 12.3. The molecule has 20 heavy (non-hydrogen) atoms. The van der Waals surface area contributed by atoms with Gasteiger partial charge >= 0.3 is 0 Å². The zero-order valence-corrected chi connectivity index (χ0v) is 11.3. The molecule has 0 saturated carbocycles. The normalized spacial score (nSPS) is 14.9. The number of imide groups is 1. The van der Waals surface area contributed by atoms with E-state index in [2.05, 4.69) is 5.32 Å². The molecular formula is C14H17N3O3. The molecule has 0 aromatic heterocycles. The Morgan fingerprint density at radius 3 is 2.95 bits per heavy atom. The molecule has 1 unspecified atom stereocenters. The third-order valence-corrected chi connectivity index (χ3v) is 3.41. The van der Waals surface area contributed by atoms with Crippen molar-refractivity contribution < 1.29 is 14.4 Å². The Bertz CT molecular complexity index is 557. The minimum Gasteiger partial charge on any atom is -0.330 e. The third kappa shape index (κ3) is 2.55. The Morgan fingerprint density at radius 2 is 2.30 bits per heavy atom. The molecule has 0 radical (unpaired) electrons. The van der Waals surface area contributed by atoms with Crippen LogP contribution in [0.5, 0.6) is 0 Å². The number of aryl methyl sites for hydroxylation is 1. The number of fused-ring (bicyclic) bond motifs is 1. The van der Waals surface area contributed by atoms with Gasteiger partial charge in [-0.05, 0) is 31.5 Å². The smallest absolute Gasteiger partial charge is 0.255 e. The number of hydrogen-bond acceptors (Lipinski definition) is 4. The van der Waals surface area contributed by atoms with Gasteiger partial charge < -0.3 is 10.6 Å². The van der Waals surface area contributed by atoms with E-state index in [-0.39, 0.29) is 12.5 Å². The van der Waals surface area contributed by atoms with Gasteiger partial charge in [0.2, 0.25) is 12.3 Å². The molecule has 1 aliphatic heterocycles. The summed E-state index contributed by atoms with van der Waals surface area (Å²) in [6, 6.07) is 4.85. The van der Waals surface area contributed by atoms with E-state index in [9.17, 15) is 14.4 Å². The van der Waals surface area contributed by atoms with Crippen LogP contribution in [0.1, 0.15) is 27.9 Å². The molecule has 0 bridgehead atoms. The molecule has 3 N–H and O–H groups in total. The Balaban J connectivity index is 2.26. The Kier molecular flexibility index (Phi) is 4.14. The highest BCUT2D eigenvalue weighted by Crippen LogP contribution is 2.26. The summed E-state index contributed by atoms with van der Waals surface area (Å²) in [5.41, 5.74) is 8.07. The fraction of sp³-hybridized carbons (Fsp3) is 0.357. The van der Waals surface area contributed by atoms with Gasteiger partial charge in [0.1, 0.15) is 6.04 Å². The van der Waals surface area contributed by atoms with E-state index in [1.165, 1.54) is 4.90 Å². The van der Waals surface area contributed by atoms with Crippen LogP contribution in [0.3, 0.4) is 0 Å². The van der Waals surface area contributed by atoms with Crippen LogP contribution in [0.15, 0.2) is 18.2 Å². The molecule has 0 spiro atoms. The number of rotatable bonds is 5. The molecule has 0 fully saturated rings. The fourth-order valence-corrected chi connectivity index (χ4v) is 2.46. The lowest BCUT2D eigenvalue weighted by Crippen LogP contribution is -2.47. The molecule has 1 aromatic carbocycles. The van der Waals surface area contributed by atoms with E-state index in [1.54, 1.807) is 6.07 Å². The monoisotopic (exact) mass is 275 g/mol. The number of nitrogens with two attached hydrogens (primary N) is 1. The highest BCUT2D eigenvalue weighted by Gasteiger charge is 2.35. The molecule has 1 atom stereocenters. The van der Waals surface area contributed by atoms with Gasteiger partial charge in [0.25, 0.3) is 5.91 Å². The van der Waals surface area contributed by atoms with Crippen molar-refractivity contribution in [3.05, 3.63) is 34.9 Å². The molecule has 1 aromatic rings. The van der Waals surface area contributed by atoms with Crippen LogP contribution >= 0.6 is 0 Å². The van der Waals surface area contributed by atoms with Crippen molar-refractivity contribution in [1.29, 1.82) is 0 Å². The van der Waals surface area contributed by atoms with E-state index in [4.69, 9.17) is 5.73 Å². The first-order chi connectivity index (χ1) is 9.58. The van der Waals surface area contributed by atoms with Crippen molar-refractivity contribution >= 4 is 18.2 Å². The van der Waals surface area contributed by atoms with Crippen LogP contribution in [0.25, 0.3) is 0 Å². The first kappa shape index (κ1) is 14.2. The second-order valence-corrected chi connectivity index (χ2v) is 4.81. The maximum Gasteiger partial charge on any atom is 0.255 e. The van der Waals surface area contributed by atoms with Crippen LogP contribution in [0.4, 0.5) is 0 Å². The Labute approximate surface area is 116 Å². The summed E-state index contributed by atoms with van der Waals surface area (Å²) in [5, 5.41) is 2.10. The number of nitrogens with one attached hydrogen (secondary N) is 1. The van der Waals surface area contributed by atoms with Crippen molar-refractivity contribution in [2.24, 2.45) is 5.73 Å². The number of benzene rings is 1. The van der Waals surface area contributed by atoms with Gasteiger partial charge in [-0.3, -0.25) is 19.7 Å². The predicted octanol–water partition coefficient (Wildman–Crippen LogP) is -0.0592. The van der Waals surface area contributed by atoms with Gasteiger partial charge in [0.15, 0.2) is 0 Å². The molecule has 2 rings (SSSR count). The molecule has 6 nitrogen and oxygen atoms in total. The van der Waals surface area contributed by atoms with Crippen molar-refractivity contribution in [1.82, 2.24) is 10.2 Å². The van der Waals surface area contributed by atoms with Crippen LogP contribution in [-0.2, 0) is 16.1 Å². The molecule has 1 aliphatic rings. The van der Waals surface area contributed by atoms with Crippen molar-refractivity contribution in [3.63, 3.8) is 0 Å². The fourth-order valence-electron chi connectivity index (χ4n) is 2.46. The van der Waals surface area contributed by atoms with E-state index in [0.29, 0.717) is 24.9 Å². The van der Waals surface area contributed by atoms with Crippen LogP contribution in [0, 0.1) is 6.92 Å². The average Bonchev–Trinajstić information content (AvgIpc) is 2.72. The van der Waals surface area contributed by atoms with Crippen LogP contribution in [-0.4, -0.2) is 35.7 Å². The third-order valence-electron chi connectivity index (χ3n) is 3.41. The molecule has 106 valence electrons. The van der Waals surface area contributed by atoms with Crippen LogP contribution < -0.4 is 11.1 Å². The van der Waals surface area contributed by atoms with Gasteiger partial charge in [-0.2, -0.15) is 0 Å². The molecule has 0 aliphatic carbocycles. The van der Waals surface area contributed by atoms with Gasteiger partial charge in [-0.25, -0.2) is 0 Å². The second-order valence-electron chi connectivity index (χ2n) is 4.81. The minimum absolute atomic E-state index is 0.195. The van der Waals surface area contributed by atoms with Crippen molar-refractivity contribution in [3.8, 4) is 0 Å². The molecule has 6 heteroatoms. The van der Waals surface area contributed by atoms with Gasteiger partial charge in [-0.15, -0.1) is 0 Å². The summed E-state index contributed by atoms with van der Waals surface area (Å²) in [6.45, 7) is 2.58. The number of carbonyl (C=O) groups is 3. The largest absolute Gasteiger partial charge is 0.330 e. The summed E-state index contributed by atoms with van der Waals surface area (Å²) in [7, 11) is 0. The lowest BCUT2D eigenvalue weighted by molar-refractivity contribution is -0.129.